The van der Waals surface area contributed by atoms with Crippen molar-refractivity contribution >= 4 is 22.2 Å². The smallest absolute Gasteiger partial charge is 0.268 e. The third-order valence-electron chi connectivity index (χ3n) is 2.75. The van der Waals surface area contributed by atoms with Crippen molar-refractivity contribution in [1.29, 1.82) is 0 Å². The molecule has 1 aromatic rings. The monoisotopic (exact) mass is 249 g/mol. The van der Waals surface area contributed by atoms with E-state index in [1.165, 1.54) is 31.9 Å². The lowest BCUT2D eigenvalue weighted by Crippen LogP contribution is -3.00. The normalized spacial score (nSPS) is 10.6. The molecule has 3 heteroatoms. The molecule has 0 saturated heterocycles. The third-order valence-corrected chi connectivity index (χ3v) is 3.70. The minimum absolute atomic E-state index is 0. The fourth-order valence-corrected chi connectivity index (χ4v) is 3.24. The summed E-state index contributed by atoms with van der Waals surface area (Å²) in [5.74, 6) is 0. The lowest BCUT2D eigenvalue weighted by Gasteiger charge is -1.99. The Kier molecular flexibility index (Phi) is 2.87. The predicted octanol–water partition coefficient (Wildman–Crippen LogP) is 0.441. The molecule has 0 saturated carbocycles. The third kappa shape index (κ3) is 1.58. The van der Waals surface area contributed by atoms with Crippen LogP contribution in [0.15, 0.2) is 30.3 Å². The van der Waals surface area contributed by atoms with Gasteiger partial charge in [-0.3, -0.25) is 0 Å². The number of hydrogen-bond acceptors (Lipinski definition) is 1. The van der Waals surface area contributed by atoms with Crippen molar-refractivity contribution in [3.8, 4) is 10.6 Å². The topological polar surface area (TPSA) is 14.1 Å². The number of aromatic amines is 1. The molecule has 2 aliphatic heterocycles. The van der Waals surface area contributed by atoms with E-state index in [0.717, 1.165) is 0 Å². The van der Waals surface area contributed by atoms with E-state index in [-0.39, 0.29) is 12.4 Å². The Balaban J connectivity index is 0.000000963. The quantitative estimate of drug-likeness (QED) is 0.549. The van der Waals surface area contributed by atoms with Gasteiger partial charge < -0.3 is 12.4 Å². The van der Waals surface area contributed by atoms with Crippen molar-refractivity contribution in [3.05, 3.63) is 40.8 Å². The van der Waals surface area contributed by atoms with Crippen LogP contribution in [0.2, 0.25) is 0 Å². The van der Waals surface area contributed by atoms with Crippen LogP contribution in [0.4, 0.5) is 0 Å². The van der Waals surface area contributed by atoms with Crippen LogP contribution in [0.1, 0.15) is 10.4 Å². The summed E-state index contributed by atoms with van der Waals surface area (Å²) in [6.45, 7) is 4.34. The number of benzene rings is 1. The first-order valence-electron chi connectivity index (χ1n) is 5.06. The number of aromatic nitrogens is 1. The Morgan fingerprint density at radius 3 is 2.69 bits per heavy atom. The number of rotatable bonds is 0. The van der Waals surface area contributed by atoms with Gasteiger partial charge in [0.2, 0.25) is 5.52 Å². The Bertz CT molecular complexity index is 615. The van der Waals surface area contributed by atoms with Crippen LogP contribution in [0.3, 0.4) is 0 Å². The molecule has 0 spiro atoms. The summed E-state index contributed by atoms with van der Waals surface area (Å²) in [5.41, 5.74) is 3.97. The van der Waals surface area contributed by atoms with Crippen LogP contribution in [-0.2, 0) is 0 Å². The summed E-state index contributed by atoms with van der Waals surface area (Å²) in [6, 6.07) is 10.7. The van der Waals surface area contributed by atoms with Crippen LogP contribution >= 0.6 is 11.3 Å². The van der Waals surface area contributed by atoms with Gasteiger partial charge in [0, 0.05) is 10.9 Å². The van der Waals surface area contributed by atoms with E-state index in [4.69, 9.17) is 0 Å². The van der Waals surface area contributed by atoms with Gasteiger partial charge in [0.05, 0.1) is 10.9 Å². The maximum atomic E-state index is 3.48. The number of para-hydroxylation sites is 1. The summed E-state index contributed by atoms with van der Waals surface area (Å²) in [6.07, 6.45) is 0. The molecule has 0 atom stereocenters. The standard InChI is InChI=1S/C13H11NS.ClH/c1-8-7-9(2)15-13-12(8)10-5-3-4-6-11(10)14-13;/h3-7H,1-2H3;1H. The Hall–Kier alpha value is -1.12. The van der Waals surface area contributed by atoms with Crippen LogP contribution in [0, 0.1) is 13.8 Å². The second kappa shape index (κ2) is 4.04. The highest BCUT2D eigenvalue weighted by molar-refractivity contribution is 7.14. The molecule has 3 rings (SSSR count). The highest BCUT2D eigenvalue weighted by Crippen LogP contribution is 2.34. The van der Waals surface area contributed by atoms with Crippen LogP contribution < -0.4 is 17.4 Å². The molecule has 0 unspecified atom stereocenters. The second-order valence-corrected chi connectivity index (χ2v) is 5.17. The molecule has 1 nitrogen and oxygen atoms in total. The number of aryl methyl sites for hydroxylation is 2. The van der Waals surface area contributed by atoms with Crippen molar-refractivity contribution < 1.29 is 17.4 Å². The predicted molar refractivity (Wildman–Crippen MR) is 64.5 cm³/mol. The van der Waals surface area contributed by atoms with Gasteiger partial charge in [-0.2, -0.15) is 4.98 Å². The lowest BCUT2D eigenvalue weighted by atomic mass is 10.1. The first kappa shape index (κ1) is 11.4. The molecule has 0 aromatic heterocycles. The molecule has 82 valence electrons. The second-order valence-electron chi connectivity index (χ2n) is 3.91. The van der Waals surface area contributed by atoms with Gasteiger partial charge >= 0.3 is 0 Å². The molecule has 0 fully saturated rings. The summed E-state index contributed by atoms with van der Waals surface area (Å²) in [7, 11) is 0. The average molecular weight is 250 g/mol. The number of halogens is 1. The summed E-state index contributed by atoms with van der Waals surface area (Å²) >= 11 is 1.83. The highest BCUT2D eigenvalue weighted by Gasteiger charge is 2.21. The van der Waals surface area contributed by atoms with Gasteiger partial charge in [0.25, 0.3) is 5.01 Å². The van der Waals surface area contributed by atoms with Gasteiger partial charge in [-0.05, 0) is 31.5 Å². The molecule has 2 aliphatic rings. The molecule has 16 heavy (non-hydrogen) atoms. The number of H-pyrrole nitrogens is 1. The Morgan fingerprint density at radius 1 is 1.12 bits per heavy atom. The van der Waals surface area contributed by atoms with Crippen molar-refractivity contribution in [2.75, 3.05) is 0 Å². The van der Waals surface area contributed by atoms with Gasteiger partial charge in [-0.15, -0.1) is 0 Å². The van der Waals surface area contributed by atoms with Gasteiger partial charge in [-0.25, -0.2) is 0 Å². The van der Waals surface area contributed by atoms with Crippen LogP contribution in [-0.4, -0.2) is 0 Å². The lowest BCUT2D eigenvalue weighted by molar-refractivity contribution is -0.323. The summed E-state index contributed by atoms with van der Waals surface area (Å²) in [4.78, 5) is 4.83. The molecule has 1 N–H and O–H groups in total. The molecular formula is C13H12ClNS. The fraction of sp³-hybridized carbons (Fsp3) is 0.154. The first-order chi connectivity index (χ1) is 7.25. The minimum Gasteiger partial charge on any atom is -1.00 e. The Morgan fingerprint density at radius 2 is 1.88 bits per heavy atom. The summed E-state index contributed by atoms with van der Waals surface area (Å²) in [5, 5.41) is 2.62. The molecule has 0 aliphatic carbocycles. The van der Waals surface area contributed by atoms with E-state index in [0.29, 0.717) is 0 Å². The maximum Gasteiger partial charge on any atom is 0.268 e. The fourth-order valence-electron chi connectivity index (χ4n) is 2.15. The van der Waals surface area contributed by atoms with Gasteiger partial charge in [0.15, 0.2) is 0 Å². The zero-order valence-electron chi connectivity index (χ0n) is 9.17. The van der Waals surface area contributed by atoms with Crippen LogP contribution in [0.25, 0.3) is 21.5 Å². The number of nitrogens with one attached hydrogen (secondary N) is 1. The first-order valence-corrected chi connectivity index (χ1v) is 5.88. The van der Waals surface area contributed by atoms with E-state index >= 15 is 0 Å². The van der Waals surface area contributed by atoms with Crippen molar-refractivity contribution in [3.63, 3.8) is 0 Å². The van der Waals surface area contributed by atoms with E-state index in [1.807, 2.05) is 11.3 Å². The Labute approximate surface area is 105 Å². The van der Waals surface area contributed by atoms with Gasteiger partial charge in [0.1, 0.15) is 0 Å². The van der Waals surface area contributed by atoms with Crippen molar-refractivity contribution in [1.82, 2.24) is 0 Å². The minimum atomic E-state index is 0. The SMILES string of the molecule is Cc1cc(C)c2c3ccccc3[nH+]c-2s1.[Cl-]. The maximum absolute atomic E-state index is 3.48. The largest absolute Gasteiger partial charge is 1.00 e. The molecule has 0 bridgehead atoms. The van der Waals surface area contributed by atoms with Crippen molar-refractivity contribution in [2.45, 2.75) is 13.8 Å². The van der Waals surface area contributed by atoms with E-state index in [1.54, 1.807) is 0 Å². The van der Waals surface area contributed by atoms with E-state index < -0.39 is 0 Å². The summed E-state index contributed by atoms with van der Waals surface area (Å²) < 4.78 is 0. The highest BCUT2D eigenvalue weighted by atomic mass is 35.5. The molecule has 0 amide bonds. The van der Waals surface area contributed by atoms with E-state index in [2.05, 4.69) is 49.2 Å². The molecule has 0 radical (unpaired) electrons. The average Bonchev–Trinajstić information content (AvgIpc) is 2.54. The molecular weight excluding hydrogens is 238 g/mol. The zero-order valence-corrected chi connectivity index (χ0v) is 10.7. The zero-order chi connectivity index (χ0) is 10.4. The molecule has 2 heterocycles. The number of fused-ring (bicyclic) bond motifs is 3. The van der Waals surface area contributed by atoms with Crippen molar-refractivity contribution in [2.24, 2.45) is 0 Å². The van der Waals surface area contributed by atoms with Gasteiger partial charge in [-0.1, -0.05) is 23.5 Å². The van der Waals surface area contributed by atoms with Crippen LogP contribution in [0.5, 0.6) is 0 Å². The number of hydrogen-bond donors (Lipinski definition) is 0. The van der Waals surface area contributed by atoms with E-state index in [9.17, 15) is 0 Å². The molecule has 1 aromatic carbocycles.